The molecule has 3 N–H and O–H groups in total. The van der Waals surface area contributed by atoms with Crippen molar-refractivity contribution in [2.24, 2.45) is 0 Å². The van der Waals surface area contributed by atoms with Gasteiger partial charge in [0.1, 0.15) is 11.7 Å². The fourth-order valence-corrected chi connectivity index (χ4v) is 1.58. The van der Waals surface area contributed by atoms with E-state index < -0.39 is 29.8 Å². The Morgan fingerprint density at radius 2 is 2.10 bits per heavy atom. The minimum atomic E-state index is -1.32. The zero-order valence-corrected chi connectivity index (χ0v) is 12.3. The number of amides is 1. The standard InChI is InChI=1S/C14H21FN2O4/c1-14(2,3)21-13(20)16-8-7-10(18)12(19)9-5-4-6-11(15)17-9/h4-6,10,12,18-19H,7-8H2,1-3H3,(H,16,20). The third-order valence-corrected chi connectivity index (χ3v) is 2.51. The molecule has 0 aliphatic rings. The minimum Gasteiger partial charge on any atom is -0.444 e. The second-order valence-corrected chi connectivity index (χ2v) is 5.61. The topological polar surface area (TPSA) is 91.7 Å². The summed E-state index contributed by atoms with van der Waals surface area (Å²) in [7, 11) is 0. The van der Waals surface area contributed by atoms with Gasteiger partial charge >= 0.3 is 6.09 Å². The van der Waals surface area contributed by atoms with Gasteiger partial charge in [0.2, 0.25) is 5.95 Å². The fraction of sp³-hybridized carbons (Fsp3) is 0.571. The van der Waals surface area contributed by atoms with Crippen molar-refractivity contribution < 1.29 is 24.1 Å². The minimum absolute atomic E-state index is 0.0415. The first-order valence-electron chi connectivity index (χ1n) is 6.64. The molecule has 1 heterocycles. The Labute approximate surface area is 123 Å². The van der Waals surface area contributed by atoms with E-state index in [2.05, 4.69) is 10.3 Å². The van der Waals surface area contributed by atoms with Crippen molar-refractivity contribution in [3.8, 4) is 0 Å². The van der Waals surface area contributed by atoms with Crippen molar-refractivity contribution in [2.45, 2.75) is 45.0 Å². The predicted molar refractivity (Wildman–Crippen MR) is 74.0 cm³/mol. The van der Waals surface area contributed by atoms with E-state index in [4.69, 9.17) is 4.74 Å². The summed E-state index contributed by atoms with van der Waals surface area (Å²) in [5.41, 5.74) is -0.562. The first kappa shape index (κ1) is 17.3. The molecule has 0 aliphatic heterocycles. The molecule has 0 fully saturated rings. The van der Waals surface area contributed by atoms with E-state index in [1.165, 1.54) is 12.1 Å². The number of nitrogens with one attached hydrogen (secondary N) is 1. The summed E-state index contributed by atoms with van der Waals surface area (Å²) in [5, 5.41) is 22.1. The first-order valence-corrected chi connectivity index (χ1v) is 6.64. The number of aromatic nitrogens is 1. The van der Waals surface area contributed by atoms with Gasteiger partial charge in [-0.05, 0) is 39.3 Å². The van der Waals surface area contributed by atoms with Gasteiger partial charge < -0.3 is 20.3 Å². The SMILES string of the molecule is CC(C)(C)OC(=O)NCCC(O)C(O)c1cccc(F)n1. The molecule has 1 aromatic heterocycles. The number of halogens is 1. The normalized spacial score (nSPS) is 14.4. The van der Waals surface area contributed by atoms with Crippen molar-refractivity contribution in [1.29, 1.82) is 0 Å². The summed E-state index contributed by atoms with van der Waals surface area (Å²) >= 11 is 0. The van der Waals surface area contributed by atoms with Crippen LogP contribution in [-0.2, 0) is 4.74 Å². The predicted octanol–water partition coefficient (Wildman–Crippen LogP) is 1.53. The quantitative estimate of drug-likeness (QED) is 0.717. The Bertz CT molecular complexity index is 476. The maximum atomic E-state index is 12.9. The van der Waals surface area contributed by atoms with Crippen molar-refractivity contribution in [3.63, 3.8) is 0 Å². The summed E-state index contributed by atoms with van der Waals surface area (Å²) in [6, 6.07) is 3.96. The summed E-state index contributed by atoms with van der Waals surface area (Å²) in [6.07, 6.45) is -3.01. The summed E-state index contributed by atoms with van der Waals surface area (Å²) in [5.74, 6) is -0.731. The second-order valence-electron chi connectivity index (χ2n) is 5.61. The molecule has 1 amide bonds. The van der Waals surface area contributed by atoms with Crippen LogP contribution in [0.1, 0.15) is 39.0 Å². The maximum absolute atomic E-state index is 12.9. The van der Waals surface area contributed by atoms with Gasteiger partial charge in [0.05, 0.1) is 11.8 Å². The molecule has 7 heteroatoms. The van der Waals surface area contributed by atoms with Crippen LogP contribution in [-0.4, -0.2) is 39.5 Å². The first-order chi connectivity index (χ1) is 9.69. The fourth-order valence-electron chi connectivity index (χ4n) is 1.58. The van der Waals surface area contributed by atoms with Crippen LogP contribution < -0.4 is 5.32 Å². The highest BCUT2D eigenvalue weighted by molar-refractivity contribution is 5.67. The van der Waals surface area contributed by atoms with Gasteiger partial charge in [-0.25, -0.2) is 9.78 Å². The number of ether oxygens (including phenoxy) is 1. The molecular weight excluding hydrogens is 279 g/mol. The van der Waals surface area contributed by atoms with E-state index in [0.717, 1.165) is 6.07 Å². The average Bonchev–Trinajstić information content (AvgIpc) is 2.35. The molecule has 0 aromatic carbocycles. The Balaban J connectivity index is 2.40. The monoisotopic (exact) mass is 300 g/mol. The smallest absolute Gasteiger partial charge is 0.407 e. The van der Waals surface area contributed by atoms with Gasteiger partial charge in [0, 0.05) is 6.54 Å². The lowest BCUT2D eigenvalue weighted by molar-refractivity contribution is 0.00956. The van der Waals surface area contributed by atoms with E-state index in [0.29, 0.717) is 0 Å². The molecule has 0 saturated carbocycles. The molecular formula is C14H21FN2O4. The lowest BCUT2D eigenvalue weighted by Crippen LogP contribution is -2.34. The summed E-state index contributed by atoms with van der Waals surface area (Å²) in [4.78, 5) is 14.9. The van der Waals surface area contributed by atoms with E-state index in [9.17, 15) is 19.4 Å². The van der Waals surface area contributed by atoms with Crippen molar-refractivity contribution in [1.82, 2.24) is 10.3 Å². The Hall–Kier alpha value is -1.73. The van der Waals surface area contributed by atoms with Crippen molar-refractivity contribution in [2.75, 3.05) is 6.54 Å². The molecule has 21 heavy (non-hydrogen) atoms. The number of aliphatic hydroxyl groups excluding tert-OH is 2. The number of hydrogen-bond donors (Lipinski definition) is 3. The van der Waals surface area contributed by atoms with E-state index >= 15 is 0 Å². The van der Waals surface area contributed by atoms with Crippen LogP contribution >= 0.6 is 0 Å². The zero-order valence-electron chi connectivity index (χ0n) is 12.3. The molecule has 0 bridgehead atoms. The largest absolute Gasteiger partial charge is 0.444 e. The van der Waals surface area contributed by atoms with E-state index in [1.807, 2.05) is 0 Å². The second kappa shape index (κ2) is 7.33. The van der Waals surface area contributed by atoms with Gasteiger partial charge in [-0.3, -0.25) is 0 Å². The number of alkyl carbamates (subject to hydrolysis) is 1. The number of pyridine rings is 1. The summed E-state index contributed by atoms with van der Waals surface area (Å²) < 4.78 is 18.0. The Morgan fingerprint density at radius 3 is 2.67 bits per heavy atom. The Kier molecular flexibility index (Phi) is 6.04. The lowest BCUT2D eigenvalue weighted by Gasteiger charge is -2.21. The van der Waals surface area contributed by atoms with Gasteiger partial charge in [0.25, 0.3) is 0 Å². The third kappa shape index (κ3) is 6.50. The van der Waals surface area contributed by atoms with E-state index in [-0.39, 0.29) is 18.7 Å². The molecule has 2 atom stereocenters. The molecule has 0 aliphatic carbocycles. The molecule has 0 radical (unpaired) electrons. The van der Waals surface area contributed by atoms with Gasteiger partial charge in [0.15, 0.2) is 0 Å². The number of carbonyl (C=O) groups is 1. The van der Waals surface area contributed by atoms with Crippen LogP contribution in [0.25, 0.3) is 0 Å². The van der Waals surface area contributed by atoms with Crippen LogP contribution in [0.4, 0.5) is 9.18 Å². The average molecular weight is 300 g/mol. The molecule has 118 valence electrons. The molecule has 1 rings (SSSR count). The molecule has 0 spiro atoms. The highest BCUT2D eigenvalue weighted by Gasteiger charge is 2.21. The molecule has 0 saturated heterocycles. The molecule has 6 nitrogen and oxygen atoms in total. The molecule has 2 unspecified atom stereocenters. The summed E-state index contributed by atoms with van der Waals surface area (Å²) in [6.45, 7) is 5.32. The van der Waals surface area contributed by atoms with Gasteiger partial charge in [-0.2, -0.15) is 4.39 Å². The number of rotatable bonds is 5. The number of hydrogen-bond acceptors (Lipinski definition) is 5. The van der Waals surface area contributed by atoms with Crippen LogP contribution in [0.15, 0.2) is 18.2 Å². The maximum Gasteiger partial charge on any atom is 0.407 e. The van der Waals surface area contributed by atoms with Crippen LogP contribution in [0.3, 0.4) is 0 Å². The Morgan fingerprint density at radius 1 is 1.43 bits per heavy atom. The van der Waals surface area contributed by atoms with E-state index in [1.54, 1.807) is 20.8 Å². The number of aliphatic hydroxyl groups is 2. The third-order valence-electron chi connectivity index (χ3n) is 2.51. The van der Waals surface area contributed by atoms with Gasteiger partial charge in [-0.1, -0.05) is 6.07 Å². The highest BCUT2D eigenvalue weighted by atomic mass is 19.1. The number of carbonyl (C=O) groups excluding carboxylic acids is 1. The van der Waals surface area contributed by atoms with Crippen LogP contribution in [0.5, 0.6) is 0 Å². The van der Waals surface area contributed by atoms with Crippen LogP contribution in [0, 0.1) is 5.95 Å². The zero-order chi connectivity index (χ0) is 16.0. The molecule has 1 aromatic rings. The van der Waals surface area contributed by atoms with Crippen LogP contribution in [0.2, 0.25) is 0 Å². The van der Waals surface area contributed by atoms with Crippen molar-refractivity contribution in [3.05, 3.63) is 29.8 Å². The van der Waals surface area contributed by atoms with Crippen molar-refractivity contribution >= 4 is 6.09 Å². The number of nitrogens with zero attached hydrogens (tertiary/aromatic N) is 1. The van der Waals surface area contributed by atoms with Gasteiger partial charge in [-0.15, -0.1) is 0 Å². The lowest BCUT2D eigenvalue weighted by atomic mass is 10.1. The highest BCUT2D eigenvalue weighted by Crippen LogP contribution is 2.16.